The summed E-state index contributed by atoms with van der Waals surface area (Å²) in [5.41, 5.74) is 0.165. The van der Waals surface area contributed by atoms with Crippen LogP contribution in [0.5, 0.6) is 5.88 Å². The second kappa shape index (κ2) is 7.01. The van der Waals surface area contributed by atoms with E-state index in [1.807, 2.05) is 4.90 Å². The van der Waals surface area contributed by atoms with Crippen LogP contribution in [0, 0.1) is 0 Å². The molecular weight excluding hydrogens is 316 g/mol. The van der Waals surface area contributed by atoms with Crippen LogP contribution in [0.1, 0.15) is 39.8 Å². The standard InChI is InChI=1S/C17H25F2N3O2/c1-16(2)8-9-22(11-17(3,4)21-16)14(23)10-12-6-5-7-13(20-12)24-15(18)19/h5-7,15,21H,8-11H2,1-4H3. The summed E-state index contributed by atoms with van der Waals surface area (Å²) < 4.78 is 28.8. The van der Waals surface area contributed by atoms with E-state index in [2.05, 4.69) is 42.7 Å². The number of aromatic nitrogens is 1. The number of amides is 1. The molecular formula is C17H25F2N3O2. The molecule has 1 saturated heterocycles. The Balaban J connectivity index is 2.06. The van der Waals surface area contributed by atoms with Crippen molar-refractivity contribution in [1.29, 1.82) is 0 Å². The molecule has 1 fully saturated rings. The molecule has 0 radical (unpaired) electrons. The number of carbonyl (C=O) groups is 1. The van der Waals surface area contributed by atoms with Crippen molar-refractivity contribution in [3.63, 3.8) is 0 Å². The van der Waals surface area contributed by atoms with Gasteiger partial charge in [-0.25, -0.2) is 4.98 Å². The Hall–Kier alpha value is -1.76. The molecule has 1 N–H and O–H groups in total. The topological polar surface area (TPSA) is 54.5 Å². The molecule has 1 aliphatic heterocycles. The van der Waals surface area contributed by atoms with Crippen LogP contribution < -0.4 is 10.1 Å². The van der Waals surface area contributed by atoms with E-state index in [4.69, 9.17) is 0 Å². The van der Waals surface area contributed by atoms with Crippen molar-refractivity contribution in [3.8, 4) is 5.88 Å². The molecule has 0 aromatic carbocycles. The Labute approximate surface area is 141 Å². The lowest BCUT2D eigenvalue weighted by atomic mass is 9.96. The van der Waals surface area contributed by atoms with Crippen molar-refractivity contribution in [2.75, 3.05) is 13.1 Å². The number of hydrogen-bond donors (Lipinski definition) is 1. The smallest absolute Gasteiger partial charge is 0.388 e. The van der Waals surface area contributed by atoms with Crippen LogP contribution in [0.15, 0.2) is 18.2 Å². The van der Waals surface area contributed by atoms with Gasteiger partial charge in [-0.15, -0.1) is 0 Å². The molecule has 0 unspecified atom stereocenters. The molecule has 2 rings (SSSR count). The third-order valence-electron chi connectivity index (χ3n) is 3.95. The summed E-state index contributed by atoms with van der Waals surface area (Å²) in [4.78, 5) is 18.4. The molecule has 134 valence electrons. The first-order chi connectivity index (χ1) is 11.1. The fraction of sp³-hybridized carbons (Fsp3) is 0.647. The number of nitrogens with zero attached hydrogens (tertiary/aromatic N) is 2. The van der Waals surface area contributed by atoms with Crippen LogP contribution in [0.4, 0.5) is 8.78 Å². The average molecular weight is 341 g/mol. The molecule has 5 nitrogen and oxygen atoms in total. The number of ether oxygens (including phenoxy) is 1. The van der Waals surface area contributed by atoms with E-state index in [0.717, 1.165) is 6.42 Å². The second-order valence-electron chi connectivity index (χ2n) is 7.48. The molecule has 1 aromatic rings. The lowest BCUT2D eigenvalue weighted by Crippen LogP contribution is -2.54. The van der Waals surface area contributed by atoms with Gasteiger partial charge in [0.15, 0.2) is 0 Å². The number of pyridine rings is 1. The third kappa shape index (κ3) is 5.40. The van der Waals surface area contributed by atoms with Gasteiger partial charge in [0.1, 0.15) is 0 Å². The predicted octanol–water partition coefficient (Wildman–Crippen LogP) is 2.60. The van der Waals surface area contributed by atoms with Gasteiger partial charge in [0.2, 0.25) is 11.8 Å². The number of nitrogens with one attached hydrogen (secondary N) is 1. The van der Waals surface area contributed by atoms with Crippen molar-refractivity contribution in [1.82, 2.24) is 15.2 Å². The first-order valence-corrected chi connectivity index (χ1v) is 8.04. The Morgan fingerprint density at radius 2 is 2.04 bits per heavy atom. The molecule has 0 spiro atoms. The van der Waals surface area contributed by atoms with E-state index in [1.54, 1.807) is 12.1 Å². The number of carbonyl (C=O) groups excluding carboxylic acids is 1. The summed E-state index contributed by atoms with van der Waals surface area (Å²) in [5, 5.41) is 3.56. The lowest BCUT2D eigenvalue weighted by Gasteiger charge is -2.34. The van der Waals surface area contributed by atoms with Crippen LogP contribution in [-0.4, -0.2) is 46.6 Å². The minimum absolute atomic E-state index is 0.0538. The Bertz CT molecular complexity index is 591. The quantitative estimate of drug-likeness (QED) is 0.915. The van der Waals surface area contributed by atoms with Crippen LogP contribution in [0.2, 0.25) is 0 Å². The zero-order valence-corrected chi connectivity index (χ0v) is 14.6. The van der Waals surface area contributed by atoms with Crippen molar-refractivity contribution in [3.05, 3.63) is 23.9 Å². The van der Waals surface area contributed by atoms with Gasteiger partial charge in [-0.2, -0.15) is 8.78 Å². The number of rotatable bonds is 4. The van der Waals surface area contributed by atoms with E-state index in [0.29, 0.717) is 18.8 Å². The highest BCUT2D eigenvalue weighted by Gasteiger charge is 2.34. The number of hydrogen-bond acceptors (Lipinski definition) is 4. The number of halogens is 2. The summed E-state index contributed by atoms with van der Waals surface area (Å²) in [7, 11) is 0. The highest BCUT2D eigenvalue weighted by molar-refractivity contribution is 5.78. The average Bonchev–Trinajstić information content (AvgIpc) is 2.52. The Kier molecular flexibility index (Phi) is 5.42. The van der Waals surface area contributed by atoms with Crippen molar-refractivity contribution < 1.29 is 18.3 Å². The summed E-state index contributed by atoms with van der Waals surface area (Å²) in [6, 6.07) is 4.55. The number of alkyl halides is 2. The first-order valence-electron chi connectivity index (χ1n) is 8.04. The van der Waals surface area contributed by atoms with Crippen molar-refractivity contribution in [2.45, 2.75) is 58.2 Å². The highest BCUT2D eigenvalue weighted by Crippen LogP contribution is 2.22. The summed E-state index contributed by atoms with van der Waals surface area (Å²) in [6.07, 6.45) is 0.904. The molecule has 0 bridgehead atoms. The van der Waals surface area contributed by atoms with Gasteiger partial charge in [-0.3, -0.25) is 4.79 Å². The molecule has 2 heterocycles. The molecule has 1 aromatic heterocycles. The second-order valence-corrected chi connectivity index (χ2v) is 7.48. The minimum Gasteiger partial charge on any atom is -0.417 e. The van der Waals surface area contributed by atoms with E-state index in [9.17, 15) is 13.6 Å². The molecule has 0 atom stereocenters. The van der Waals surface area contributed by atoms with Crippen LogP contribution >= 0.6 is 0 Å². The molecule has 0 saturated carbocycles. The predicted molar refractivity (Wildman–Crippen MR) is 87.1 cm³/mol. The van der Waals surface area contributed by atoms with E-state index >= 15 is 0 Å². The first kappa shape index (κ1) is 18.6. The summed E-state index contributed by atoms with van der Waals surface area (Å²) >= 11 is 0. The van der Waals surface area contributed by atoms with Gasteiger partial charge in [-0.05, 0) is 40.2 Å². The van der Waals surface area contributed by atoms with Crippen LogP contribution in [0.25, 0.3) is 0 Å². The van der Waals surface area contributed by atoms with E-state index in [-0.39, 0.29) is 29.3 Å². The van der Waals surface area contributed by atoms with Crippen molar-refractivity contribution >= 4 is 5.91 Å². The molecule has 1 aliphatic rings. The van der Waals surface area contributed by atoms with Gasteiger partial charge >= 0.3 is 6.61 Å². The van der Waals surface area contributed by atoms with Gasteiger partial charge < -0.3 is 15.0 Å². The Morgan fingerprint density at radius 3 is 2.71 bits per heavy atom. The van der Waals surface area contributed by atoms with Crippen LogP contribution in [-0.2, 0) is 11.2 Å². The van der Waals surface area contributed by atoms with Crippen LogP contribution in [0.3, 0.4) is 0 Å². The summed E-state index contributed by atoms with van der Waals surface area (Å²) in [5.74, 6) is -0.237. The fourth-order valence-electron chi connectivity index (χ4n) is 3.18. The lowest BCUT2D eigenvalue weighted by molar-refractivity contribution is -0.131. The molecule has 7 heteroatoms. The van der Waals surface area contributed by atoms with Gasteiger partial charge in [0.25, 0.3) is 0 Å². The van der Waals surface area contributed by atoms with Gasteiger partial charge in [-0.1, -0.05) is 6.07 Å². The molecule has 0 aliphatic carbocycles. The fourth-order valence-corrected chi connectivity index (χ4v) is 3.18. The van der Waals surface area contributed by atoms with Gasteiger partial charge in [0, 0.05) is 30.2 Å². The zero-order valence-electron chi connectivity index (χ0n) is 14.6. The SMILES string of the molecule is CC1(C)CCN(C(=O)Cc2cccc(OC(F)F)n2)CC(C)(C)N1. The van der Waals surface area contributed by atoms with E-state index in [1.165, 1.54) is 6.07 Å². The monoisotopic (exact) mass is 341 g/mol. The van der Waals surface area contributed by atoms with E-state index < -0.39 is 6.61 Å². The normalized spacial score (nSPS) is 19.9. The van der Waals surface area contributed by atoms with Crippen molar-refractivity contribution in [2.24, 2.45) is 0 Å². The minimum atomic E-state index is -2.93. The zero-order chi connectivity index (χ0) is 18.0. The maximum atomic E-state index is 12.6. The summed E-state index contributed by atoms with van der Waals surface area (Å²) in [6.45, 7) is 6.68. The maximum absolute atomic E-state index is 12.6. The third-order valence-corrected chi connectivity index (χ3v) is 3.95. The Morgan fingerprint density at radius 1 is 1.33 bits per heavy atom. The highest BCUT2D eigenvalue weighted by atomic mass is 19.3. The molecule has 1 amide bonds. The maximum Gasteiger partial charge on any atom is 0.388 e. The largest absolute Gasteiger partial charge is 0.417 e. The van der Waals surface area contributed by atoms with Gasteiger partial charge in [0.05, 0.1) is 12.1 Å². The molecule has 24 heavy (non-hydrogen) atoms.